The Morgan fingerprint density at radius 1 is 0.972 bits per heavy atom. The maximum atomic E-state index is 13.2. The summed E-state index contributed by atoms with van der Waals surface area (Å²) in [6, 6.07) is 5.37. The van der Waals surface area contributed by atoms with Crippen molar-refractivity contribution in [1.29, 1.82) is 0 Å². The molecule has 1 unspecified atom stereocenters. The van der Waals surface area contributed by atoms with Gasteiger partial charge in [0.25, 0.3) is 0 Å². The van der Waals surface area contributed by atoms with Crippen molar-refractivity contribution < 1.29 is 9.59 Å². The molecule has 1 aliphatic carbocycles. The van der Waals surface area contributed by atoms with Crippen LogP contribution in [0.3, 0.4) is 0 Å². The number of piperidine rings is 2. The van der Waals surface area contributed by atoms with E-state index in [1.165, 1.54) is 64.6 Å². The van der Waals surface area contributed by atoms with Gasteiger partial charge in [-0.05, 0) is 68.2 Å². The normalized spacial score (nSPS) is 25.9. The van der Waals surface area contributed by atoms with Crippen LogP contribution < -0.4 is 11.0 Å². The molecule has 2 aromatic rings. The minimum atomic E-state index is -0.639. The number of imidazole rings is 1. The molecule has 0 bridgehead atoms. The standard InChI is InChI=1S/C28H39N5O3/c1-30-25-21(8-5-9-22(25)33(27(30)36)23-10-11-24(34)29-26(23)35)17-32-18-28(19-32)12-14-31(15-13-28)16-20-6-3-2-4-7-20/h5,8-9,20,23H,2-4,6-7,10-19H2,1H3,(H,29,34,35). The number of aromatic nitrogens is 2. The van der Waals surface area contributed by atoms with Gasteiger partial charge in [-0.3, -0.25) is 28.9 Å². The highest BCUT2D eigenvalue weighted by molar-refractivity contribution is 6.00. The number of hydrogen-bond acceptors (Lipinski definition) is 5. The second-order valence-corrected chi connectivity index (χ2v) is 11.9. The average Bonchev–Trinajstić information content (AvgIpc) is 3.11. The molecule has 8 heteroatoms. The third-order valence-corrected chi connectivity index (χ3v) is 9.38. The molecule has 194 valence electrons. The SMILES string of the molecule is Cn1c(=O)n(C2CCC(=O)NC2=O)c2cccc(CN3CC4(CCN(CC5CCCCC5)CC4)C3)c21. The van der Waals surface area contributed by atoms with Gasteiger partial charge in [0, 0.05) is 39.6 Å². The first-order valence-electron chi connectivity index (χ1n) is 13.9. The first-order valence-corrected chi connectivity index (χ1v) is 13.9. The molecule has 4 fully saturated rings. The molecule has 3 aliphatic heterocycles. The number of nitrogens with one attached hydrogen (secondary N) is 1. The van der Waals surface area contributed by atoms with Crippen molar-refractivity contribution in [3.8, 4) is 0 Å². The van der Waals surface area contributed by atoms with Gasteiger partial charge in [0.15, 0.2) is 0 Å². The highest BCUT2D eigenvalue weighted by atomic mass is 16.2. The Morgan fingerprint density at radius 2 is 1.72 bits per heavy atom. The number of nitrogens with zero attached hydrogens (tertiary/aromatic N) is 4. The molecule has 6 rings (SSSR count). The summed E-state index contributed by atoms with van der Waals surface area (Å²) in [6.45, 7) is 6.86. The van der Waals surface area contributed by atoms with Gasteiger partial charge in [-0.25, -0.2) is 4.79 Å². The van der Waals surface area contributed by atoms with Crippen molar-refractivity contribution in [1.82, 2.24) is 24.3 Å². The molecule has 0 radical (unpaired) electrons. The van der Waals surface area contributed by atoms with Crippen molar-refractivity contribution in [2.45, 2.75) is 70.4 Å². The number of likely N-dealkylation sites (tertiary alicyclic amines) is 2. The lowest BCUT2D eigenvalue weighted by Crippen LogP contribution is -2.60. The van der Waals surface area contributed by atoms with E-state index in [-0.39, 0.29) is 23.9 Å². The fraction of sp³-hybridized carbons (Fsp3) is 0.679. The van der Waals surface area contributed by atoms with Gasteiger partial charge in [0.1, 0.15) is 6.04 Å². The predicted molar refractivity (Wildman–Crippen MR) is 139 cm³/mol. The molecule has 8 nitrogen and oxygen atoms in total. The third-order valence-electron chi connectivity index (χ3n) is 9.38. The summed E-state index contributed by atoms with van der Waals surface area (Å²) < 4.78 is 3.26. The van der Waals surface area contributed by atoms with Crippen LogP contribution in [0.15, 0.2) is 23.0 Å². The molecule has 1 aromatic carbocycles. The summed E-state index contributed by atoms with van der Waals surface area (Å²) >= 11 is 0. The first-order chi connectivity index (χ1) is 17.4. The molecule has 3 saturated heterocycles. The van der Waals surface area contributed by atoms with Crippen LogP contribution in [-0.2, 0) is 23.2 Å². The van der Waals surface area contributed by atoms with Gasteiger partial charge in [-0.15, -0.1) is 0 Å². The van der Waals surface area contributed by atoms with E-state index in [9.17, 15) is 14.4 Å². The van der Waals surface area contributed by atoms with Crippen LogP contribution in [0, 0.1) is 11.3 Å². The molecule has 1 aromatic heterocycles. The summed E-state index contributed by atoms with van der Waals surface area (Å²) in [4.78, 5) is 42.6. The number of imide groups is 1. The Hall–Kier alpha value is -2.45. The van der Waals surface area contributed by atoms with Gasteiger partial charge in [-0.2, -0.15) is 0 Å². The number of benzene rings is 1. The largest absolute Gasteiger partial charge is 0.329 e. The molecular weight excluding hydrogens is 454 g/mol. The van der Waals surface area contributed by atoms with E-state index >= 15 is 0 Å². The Labute approximate surface area is 212 Å². The second-order valence-electron chi connectivity index (χ2n) is 11.9. The van der Waals surface area contributed by atoms with Crippen molar-refractivity contribution >= 4 is 22.8 Å². The Balaban J connectivity index is 1.12. The van der Waals surface area contributed by atoms with Crippen molar-refractivity contribution in [2.24, 2.45) is 18.4 Å². The van der Waals surface area contributed by atoms with Crippen LogP contribution in [0.2, 0.25) is 0 Å². The van der Waals surface area contributed by atoms with E-state index < -0.39 is 6.04 Å². The lowest BCUT2D eigenvalue weighted by molar-refractivity contribution is -0.135. The van der Waals surface area contributed by atoms with Crippen LogP contribution in [0.4, 0.5) is 0 Å². The minimum absolute atomic E-state index is 0.197. The Morgan fingerprint density at radius 3 is 2.44 bits per heavy atom. The van der Waals surface area contributed by atoms with Crippen molar-refractivity contribution in [3.05, 3.63) is 34.2 Å². The monoisotopic (exact) mass is 493 g/mol. The summed E-state index contributed by atoms with van der Waals surface area (Å²) in [5, 5.41) is 2.39. The summed E-state index contributed by atoms with van der Waals surface area (Å²) in [7, 11) is 1.79. The van der Waals surface area contributed by atoms with Crippen molar-refractivity contribution in [2.75, 3.05) is 32.7 Å². The van der Waals surface area contributed by atoms with Gasteiger partial charge < -0.3 is 4.90 Å². The zero-order valence-electron chi connectivity index (χ0n) is 21.5. The summed E-state index contributed by atoms with van der Waals surface area (Å²) in [5.41, 5.74) is 3.07. The number of rotatable bonds is 5. The fourth-order valence-corrected chi connectivity index (χ4v) is 7.39. The highest BCUT2D eigenvalue weighted by Crippen LogP contribution is 2.42. The number of amides is 2. The second kappa shape index (κ2) is 9.45. The smallest absolute Gasteiger partial charge is 0.303 e. The lowest BCUT2D eigenvalue weighted by Gasteiger charge is -2.54. The summed E-state index contributed by atoms with van der Waals surface area (Å²) in [6.07, 6.45) is 10.3. The first kappa shape index (κ1) is 23.9. The van der Waals surface area contributed by atoms with Crippen LogP contribution >= 0.6 is 0 Å². The van der Waals surface area contributed by atoms with Crippen LogP contribution in [0.25, 0.3) is 11.0 Å². The molecular formula is C28H39N5O3. The number of carbonyl (C=O) groups excluding carboxylic acids is 2. The average molecular weight is 494 g/mol. The zero-order valence-corrected chi connectivity index (χ0v) is 21.5. The molecule has 1 saturated carbocycles. The molecule has 4 aliphatic rings. The molecule has 1 N–H and O–H groups in total. The number of aryl methyl sites for hydroxylation is 1. The van der Waals surface area contributed by atoms with Crippen LogP contribution in [-0.4, -0.2) is 63.5 Å². The van der Waals surface area contributed by atoms with Gasteiger partial charge in [0.2, 0.25) is 11.8 Å². The highest BCUT2D eigenvalue weighted by Gasteiger charge is 2.45. The Kier molecular flexibility index (Phi) is 6.28. The van der Waals surface area contributed by atoms with E-state index in [1.807, 2.05) is 12.1 Å². The number of fused-ring (bicyclic) bond motifs is 1. The lowest BCUT2D eigenvalue weighted by atomic mass is 9.71. The maximum absolute atomic E-state index is 13.2. The molecule has 2 amide bonds. The van der Waals surface area contributed by atoms with Crippen LogP contribution in [0.1, 0.15) is 69.4 Å². The van der Waals surface area contributed by atoms with Crippen LogP contribution in [0.5, 0.6) is 0 Å². The molecule has 4 heterocycles. The van der Waals surface area contributed by atoms with Crippen molar-refractivity contribution in [3.63, 3.8) is 0 Å². The topological polar surface area (TPSA) is 79.6 Å². The third kappa shape index (κ3) is 4.32. The zero-order chi connectivity index (χ0) is 24.9. The maximum Gasteiger partial charge on any atom is 0.329 e. The number of para-hydroxylation sites is 1. The van der Waals surface area contributed by atoms with E-state index in [4.69, 9.17) is 0 Å². The van der Waals surface area contributed by atoms with E-state index in [0.717, 1.165) is 42.1 Å². The van der Waals surface area contributed by atoms with E-state index in [2.05, 4.69) is 21.2 Å². The van der Waals surface area contributed by atoms with Gasteiger partial charge >= 0.3 is 5.69 Å². The fourth-order valence-electron chi connectivity index (χ4n) is 7.39. The molecule has 36 heavy (non-hydrogen) atoms. The number of carbonyl (C=O) groups is 2. The Bertz CT molecular complexity index is 1210. The number of hydrogen-bond donors (Lipinski definition) is 1. The predicted octanol–water partition coefficient (Wildman–Crippen LogP) is 2.80. The van der Waals surface area contributed by atoms with Gasteiger partial charge in [0.05, 0.1) is 11.0 Å². The van der Waals surface area contributed by atoms with E-state index in [0.29, 0.717) is 11.8 Å². The van der Waals surface area contributed by atoms with E-state index in [1.54, 1.807) is 16.2 Å². The summed E-state index contributed by atoms with van der Waals surface area (Å²) in [5.74, 6) is 0.271. The molecule has 1 spiro atoms. The molecule has 1 atom stereocenters. The van der Waals surface area contributed by atoms with Gasteiger partial charge in [-0.1, -0.05) is 31.4 Å². The quantitative estimate of drug-likeness (QED) is 0.648. The minimum Gasteiger partial charge on any atom is -0.303 e.